The number of hydrogen-bond donors (Lipinski definition) is 2. The molecule has 1 saturated heterocycles. The van der Waals surface area contributed by atoms with Crippen molar-refractivity contribution in [1.82, 2.24) is 5.32 Å². The zero-order valence-electron chi connectivity index (χ0n) is 13.3. The van der Waals surface area contributed by atoms with Crippen LogP contribution in [0.15, 0.2) is 58.6 Å². The van der Waals surface area contributed by atoms with Gasteiger partial charge in [-0.2, -0.15) is 0 Å². The second kappa shape index (κ2) is 7.83. The fraction of sp³-hybridized carbons (Fsp3) is 0.0556. The average molecular weight is 372 g/mol. The van der Waals surface area contributed by atoms with Crippen LogP contribution in [-0.4, -0.2) is 28.7 Å². The predicted molar refractivity (Wildman–Crippen MR) is 95.8 cm³/mol. The number of benzene rings is 2. The number of oxime groups is 1. The number of nitrogens with one attached hydrogen (secondary N) is 1. The average Bonchev–Trinajstić information content (AvgIpc) is 2.95. The lowest BCUT2D eigenvalue weighted by molar-refractivity contribution is -0.115. The van der Waals surface area contributed by atoms with Gasteiger partial charge in [0, 0.05) is 5.56 Å². The van der Waals surface area contributed by atoms with Crippen molar-refractivity contribution in [2.24, 2.45) is 5.16 Å². The Bertz CT molecular complexity index is 910. The molecule has 3 rings (SSSR count). The fourth-order valence-corrected chi connectivity index (χ4v) is 2.92. The summed E-state index contributed by atoms with van der Waals surface area (Å²) in [7, 11) is 0. The largest absolute Gasteiger partial charge is 0.487 e. The van der Waals surface area contributed by atoms with Gasteiger partial charge in [0.05, 0.1) is 4.91 Å². The minimum Gasteiger partial charge on any atom is -0.487 e. The molecule has 2 aromatic rings. The maximum absolute atomic E-state index is 13.7. The summed E-state index contributed by atoms with van der Waals surface area (Å²) in [5.74, 6) is -0.453. The van der Waals surface area contributed by atoms with Crippen LogP contribution in [-0.2, 0) is 4.79 Å². The molecule has 0 spiro atoms. The van der Waals surface area contributed by atoms with Crippen LogP contribution in [0.25, 0.3) is 6.08 Å². The third-order valence-electron chi connectivity index (χ3n) is 3.50. The van der Waals surface area contributed by atoms with E-state index in [-0.39, 0.29) is 17.9 Å². The van der Waals surface area contributed by atoms with Gasteiger partial charge in [0.15, 0.2) is 0 Å². The first kappa shape index (κ1) is 17.7. The van der Waals surface area contributed by atoms with Crippen molar-refractivity contribution >= 4 is 34.7 Å². The van der Waals surface area contributed by atoms with Gasteiger partial charge >= 0.3 is 0 Å². The Morgan fingerprint density at radius 2 is 1.92 bits per heavy atom. The first-order valence-electron chi connectivity index (χ1n) is 7.50. The maximum atomic E-state index is 13.7. The van der Waals surface area contributed by atoms with Crippen LogP contribution in [0, 0.1) is 5.82 Å². The van der Waals surface area contributed by atoms with E-state index < -0.39 is 17.0 Å². The number of thioether (sulfide) groups is 1. The van der Waals surface area contributed by atoms with Gasteiger partial charge in [-0.25, -0.2) is 4.39 Å². The van der Waals surface area contributed by atoms with Crippen LogP contribution in [0.5, 0.6) is 5.75 Å². The van der Waals surface area contributed by atoms with Crippen LogP contribution < -0.4 is 10.1 Å². The molecule has 2 amide bonds. The third-order valence-corrected chi connectivity index (χ3v) is 4.31. The number of rotatable bonds is 5. The van der Waals surface area contributed by atoms with Crippen molar-refractivity contribution in [1.29, 1.82) is 0 Å². The SMILES string of the molecule is O=C1NC(=O)/C(=C/c2ccc(OCC(=NO)c3ccccc3F)cc2)S1. The number of ether oxygens (including phenoxy) is 1. The zero-order valence-corrected chi connectivity index (χ0v) is 14.1. The predicted octanol–water partition coefficient (Wildman–Crippen LogP) is 3.41. The van der Waals surface area contributed by atoms with E-state index in [0.717, 1.165) is 17.3 Å². The van der Waals surface area contributed by atoms with Crippen molar-refractivity contribution in [3.05, 3.63) is 70.4 Å². The number of halogens is 1. The van der Waals surface area contributed by atoms with E-state index >= 15 is 0 Å². The molecule has 6 nitrogen and oxygen atoms in total. The molecule has 0 atom stereocenters. The van der Waals surface area contributed by atoms with Gasteiger partial charge in [0.2, 0.25) is 0 Å². The molecule has 1 aliphatic heterocycles. The van der Waals surface area contributed by atoms with Gasteiger partial charge in [-0.1, -0.05) is 29.4 Å². The standard InChI is InChI=1S/C18H13FN2O4S/c19-14-4-2-1-3-13(14)15(21-24)10-25-12-7-5-11(6-8-12)9-16-17(22)20-18(23)26-16/h1-9,24H,10H2,(H,20,22,23)/b16-9-,21-15?. The van der Waals surface area contributed by atoms with Crippen molar-refractivity contribution in [3.63, 3.8) is 0 Å². The first-order valence-corrected chi connectivity index (χ1v) is 8.32. The zero-order chi connectivity index (χ0) is 18.5. The summed E-state index contributed by atoms with van der Waals surface area (Å²) in [5, 5.41) is 14.0. The first-order chi connectivity index (χ1) is 12.6. The molecule has 0 radical (unpaired) electrons. The highest BCUT2D eigenvalue weighted by molar-refractivity contribution is 8.18. The van der Waals surface area contributed by atoms with Crippen LogP contribution in [0.2, 0.25) is 0 Å². The highest BCUT2D eigenvalue weighted by atomic mass is 32.2. The van der Waals surface area contributed by atoms with Gasteiger partial charge in [-0.3, -0.25) is 14.9 Å². The van der Waals surface area contributed by atoms with Gasteiger partial charge < -0.3 is 9.94 Å². The number of amides is 2. The van der Waals surface area contributed by atoms with E-state index in [1.165, 1.54) is 12.1 Å². The summed E-state index contributed by atoms with van der Waals surface area (Å²) in [6.07, 6.45) is 1.59. The Labute approximate surface area is 152 Å². The minimum atomic E-state index is -0.507. The number of nitrogens with zero attached hydrogens (tertiary/aromatic N) is 1. The summed E-state index contributed by atoms with van der Waals surface area (Å²) in [5.41, 5.74) is 0.937. The Hall–Kier alpha value is -3.13. The smallest absolute Gasteiger partial charge is 0.290 e. The fourth-order valence-electron chi connectivity index (χ4n) is 2.24. The van der Waals surface area contributed by atoms with E-state index in [0.29, 0.717) is 10.7 Å². The van der Waals surface area contributed by atoms with E-state index in [2.05, 4.69) is 10.5 Å². The molecule has 0 aliphatic carbocycles. The number of carbonyl (C=O) groups excluding carboxylic acids is 2. The lowest BCUT2D eigenvalue weighted by Gasteiger charge is -2.09. The van der Waals surface area contributed by atoms with Gasteiger partial charge in [-0.05, 0) is 47.7 Å². The van der Waals surface area contributed by atoms with Gasteiger partial charge in [-0.15, -0.1) is 0 Å². The van der Waals surface area contributed by atoms with Crippen LogP contribution in [0.1, 0.15) is 11.1 Å². The quantitative estimate of drug-likeness (QED) is 0.363. The molecule has 1 fully saturated rings. The van der Waals surface area contributed by atoms with Crippen LogP contribution in [0.3, 0.4) is 0 Å². The minimum absolute atomic E-state index is 0.0619. The second-order valence-electron chi connectivity index (χ2n) is 5.24. The summed E-state index contributed by atoms with van der Waals surface area (Å²) in [6, 6.07) is 12.7. The lowest BCUT2D eigenvalue weighted by atomic mass is 10.1. The number of hydrogen-bond acceptors (Lipinski definition) is 6. The molecule has 8 heteroatoms. The van der Waals surface area contributed by atoms with Crippen molar-refractivity contribution in [2.75, 3.05) is 6.61 Å². The number of carbonyl (C=O) groups is 2. The maximum Gasteiger partial charge on any atom is 0.290 e. The molecule has 2 N–H and O–H groups in total. The summed E-state index contributed by atoms with van der Waals surface area (Å²) in [6.45, 7) is -0.120. The molecule has 0 unspecified atom stereocenters. The topological polar surface area (TPSA) is 88.0 Å². The van der Waals surface area contributed by atoms with Gasteiger partial charge in [0.1, 0.15) is 23.9 Å². The second-order valence-corrected chi connectivity index (χ2v) is 6.25. The van der Waals surface area contributed by atoms with E-state index in [1.54, 1.807) is 42.5 Å². The van der Waals surface area contributed by atoms with Crippen LogP contribution >= 0.6 is 11.8 Å². The molecule has 0 aromatic heterocycles. The molecule has 26 heavy (non-hydrogen) atoms. The monoisotopic (exact) mass is 372 g/mol. The Morgan fingerprint density at radius 3 is 2.54 bits per heavy atom. The summed E-state index contributed by atoms with van der Waals surface area (Å²) in [4.78, 5) is 23.0. The Balaban J connectivity index is 1.66. The molecule has 0 saturated carbocycles. The third kappa shape index (κ3) is 4.09. The molecule has 1 heterocycles. The Morgan fingerprint density at radius 1 is 1.19 bits per heavy atom. The summed E-state index contributed by atoms with van der Waals surface area (Å²) >= 11 is 0.840. The molecule has 0 bridgehead atoms. The molecule has 1 aliphatic rings. The van der Waals surface area contributed by atoms with Crippen molar-refractivity contribution in [3.8, 4) is 5.75 Å². The van der Waals surface area contributed by atoms with E-state index in [1.807, 2.05) is 0 Å². The molecule has 2 aromatic carbocycles. The normalized spacial score (nSPS) is 16.0. The molecular weight excluding hydrogens is 359 g/mol. The van der Waals surface area contributed by atoms with Crippen LogP contribution in [0.4, 0.5) is 9.18 Å². The van der Waals surface area contributed by atoms with Crippen molar-refractivity contribution in [2.45, 2.75) is 0 Å². The summed E-state index contributed by atoms with van der Waals surface area (Å²) < 4.78 is 19.3. The van der Waals surface area contributed by atoms with E-state index in [4.69, 9.17) is 9.94 Å². The number of imide groups is 1. The van der Waals surface area contributed by atoms with Crippen molar-refractivity contribution < 1.29 is 23.9 Å². The van der Waals surface area contributed by atoms with Gasteiger partial charge in [0.25, 0.3) is 11.1 Å². The lowest BCUT2D eigenvalue weighted by Crippen LogP contribution is -2.17. The highest BCUT2D eigenvalue weighted by Crippen LogP contribution is 2.26. The highest BCUT2D eigenvalue weighted by Gasteiger charge is 2.24. The van der Waals surface area contributed by atoms with E-state index in [9.17, 15) is 14.0 Å². The molecule has 132 valence electrons. The molecular formula is C18H13FN2O4S. The Kier molecular flexibility index (Phi) is 5.33.